The number of unbranched alkanes of at least 4 members (excludes halogenated alkanes) is 1. The van der Waals surface area contributed by atoms with Crippen LogP contribution in [0.5, 0.6) is 0 Å². The van der Waals surface area contributed by atoms with Crippen molar-refractivity contribution >= 4 is 5.91 Å². The van der Waals surface area contributed by atoms with E-state index in [2.05, 4.69) is 22.1 Å². The summed E-state index contributed by atoms with van der Waals surface area (Å²) in [6.07, 6.45) is 5.68. The van der Waals surface area contributed by atoms with Crippen molar-refractivity contribution in [2.24, 2.45) is 12.8 Å². The minimum Gasteiger partial charge on any atom is -0.417 e. The van der Waals surface area contributed by atoms with Crippen molar-refractivity contribution in [1.29, 1.82) is 0 Å². The van der Waals surface area contributed by atoms with E-state index in [1.807, 2.05) is 49.4 Å². The summed E-state index contributed by atoms with van der Waals surface area (Å²) < 4.78 is 7.35. The van der Waals surface area contributed by atoms with Crippen LogP contribution in [0.25, 0.3) is 11.6 Å². The Morgan fingerprint density at radius 3 is 2.51 bits per heavy atom. The number of rotatable bonds is 10. The normalized spacial score (nSPS) is 12.8. The number of carbonyl (C=O) groups is 1. The Kier molecular flexibility index (Phi) is 7.93. The molecule has 0 fully saturated rings. The molecule has 4 rings (SSSR count). The third kappa shape index (κ3) is 6.18. The van der Waals surface area contributed by atoms with Gasteiger partial charge in [0.25, 0.3) is 17.4 Å². The topological polar surface area (TPSA) is 120 Å². The lowest BCUT2D eigenvalue weighted by Crippen LogP contribution is -2.35. The first-order valence-corrected chi connectivity index (χ1v) is 12.3. The number of amides is 1. The molecule has 1 aromatic carbocycles. The highest BCUT2D eigenvalue weighted by Gasteiger charge is 2.29. The van der Waals surface area contributed by atoms with Crippen molar-refractivity contribution in [3.05, 3.63) is 99.9 Å². The average Bonchev–Trinajstić information content (AvgIpc) is 3.40. The fourth-order valence-corrected chi connectivity index (χ4v) is 4.11. The highest BCUT2D eigenvalue weighted by atomic mass is 16.4. The van der Waals surface area contributed by atoms with Crippen LogP contribution in [0.3, 0.4) is 0 Å². The summed E-state index contributed by atoms with van der Waals surface area (Å²) in [5, 5.41) is 8.35. The third-order valence-electron chi connectivity index (χ3n) is 6.25. The number of nitrogens with two attached hydrogens (primary N) is 1. The van der Waals surface area contributed by atoms with Crippen LogP contribution < -0.4 is 11.3 Å². The van der Waals surface area contributed by atoms with E-state index in [1.165, 1.54) is 10.6 Å². The van der Waals surface area contributed by atoms with Crippen molar-refractivity contribution < 1.29 is 9.21 Å². The van der Waals surface area contributed by atoms with E-state index < -0.39 is 5.54 Å². The number of pyridine rings is 2. The van der Waals surface area contributed by atoms with Gasteiger partial charge in [0.05, 0.1) is 5.54 Å². The minimum atomic E-state index is -0.916. The van der Waals surface area contributed by atoms with Gasteiger partial charge in [-0.05, 0) is 49.1 Å². The van der Waals surface area contributed by atoms with E-state index in [0.717, 1.165) is 24.0 Å². The van der Waals surface area contributed by atoms with Crippen LogP contribution in [0.1, 0.15) is 54.1 Å². The summed E-state index contributed by atoms with van der Waals surface area (Å²) in [4.78, 5) is 32.2. The van der Waals surface area contributed by atoms with Gasteiger partial charge >= 0.3 is 0 Å². The van der Waals surface area contributed by atoms with E-state index in [9.17, 15) is 9.59 Å². The molecule has 0 aliphatic rings. The lowest BCUT2D eigenvalue weighted by molar-refractivity contribution is 0.0740. The fourth-order valence-electron chi connectivity index (χ4n) is 4.11. The Hall–Kier alpha value is -4.11. The van der Waals surface area contributed by atoms with Gasteiger partial charge in [0, 0.05) is 44.2 Å². The highest BCUT2D eigenvalue weighted by molar-refractivity contribution is 5.95. The molecular formula is C28H32N6O3. The second kappa shape index (κ2) is 11.3. The monoisotopic (exact) mass is 500 g/mol. The van der Waals surface area contributed by atoms with Crippen LogP contribution in [0.15, 0.2) is 76.2 Å². The van der Waals surface area contributed by atoms with E-state index >= 15 is 0 Å². The Balaban J connectivity index is 1.64. The molecule has 0 radical (unpaired) electrons. The molecule has 4 aromatic rings. The number of hydrogen-bond acceptors (Lipinski definition) is 7. The first-order chi connectivity index (χ1) is 17.8. The third-order valence-corrected chi connectivity index (χ3v) is 6.25. The van der Waals surface area contributed by atoms with Crippen LogP contribution >= 0.6 is 0 Å². The van der Waals surface area contributed by atoms with Gasteiger partial charge in [-0.2, -0.15) is 0 Å². The van der Waals surface area contributed by atoms with Crippen molar-refractivity contribution in [2.75, 3.05) is 6.54 Å². The van der Waals surface area contributed by atoms with Crippen LogP contribution in [0, 0.1) is 0 Å². The molecule has 0 bridgehead atoms. The average molecular weight is 501 g/mol. The van der Waals surface area contributed by atoms with Gasteiger partial charge in [-0.15, -0.1) is 10.2 Å². The number of aromatic nitrogens is 4. The Bertz CT molecular complexity index is 1400. The maximum atomic E-state index is 13.5. The molecule has 1 amide bonds. The summed E-state index contributed by atoms with van der Waals surface area (Å²) in [5.74, 6) is 0.137. The lowest BCUT2D eigenvalue weighted by Gasteiger charge is -2.23. The maximum Gasteiger partial charge on any atom is 0.264 e. The number of hydrogen-bond donors (Lipinski definition) is 1. The molecule has 192 valence electrons. The Morgan fingerprint density at radius 2 is 1.81 bits per heavy atom. The maximum absolute atomic E-state index is 13.5. The van der Waals surface area contributed by atoms with E-state index in [-0.39, 0.29) is 28.8 Å². The van der Waals surface area contributed by atoms with Gasteiger partial charge < -0.3 is 19.6 Å². The molecule has 0 aliphatic heterocycles. The first kappa shape index (κ1) is 26.0. The summed E-state index contributed by atoms with van der Waals surface area (Å²) in [6.45, 7) is 4.88. The SMILES string of the molecule is CCCCN(Cc1ccncc1)C(=O)c1cc(-c2nnc([C@](C)(N)Cc3ccccc3)o2)n(C)c(=O)c1. The summed E-state index contributed by atoms with van der Waals surface area (Å²) in [6, 6.07) is 16.5. The molecule has 2 N–H and O–H groups in total. The molecular weight excluding hydrogens is 468 g/mol. The standard InChI is InChI=1S/C28H32N6O3/c1-4-5-15-34(19-21-11-13-30-14-12-21)26(36)22-16-23(33(3)24(35)17-22)25-31-32-27(37-25)28(2,29)18-20-9-7-6-8-10-20/h6-14,16-17H,4-5,15,18-19,29H2,1-3H3/t28-/m1/s1. The molecule has 9 nitrogen and oxygen atoms in total. The molecule has 1 atom stereocenters. The van der Waals surface area contributed by atoms with Gasteiger partial charge in [0.1, 0.15) is 5.69 Å². The highest BCUT2D eigenvalue weighted by Crippen LogP contribution is 2.26. The van der Waals surface area contributed by atoms with Crippen LogP contribution in [0.2, 0.25) is 0 Å². The molecule has 0 unspecified atom stereocenters. The molecule has 3 heterocycles. The smallest absolute Gasteiger partial charge is 0.264 e. The van der Waals surface area contributed by atoms with Crippen molar-refractivity contribution in [1.82, 2.24) is 24.6 Å². The number of benzene rings is 1. The van der Waals surface area contributed by atoms with Gasteiger partial charge in [-0.25, -0.2) is 0 Å². The van der Waals surface area contributed by atoms with Crippen molar-refractivity contribution in [3.8, 4) is 11.6 Å². The fraction of sp³-hybridized carbons (Fsp3) is 0.321. The predicted molar refractivity (Wildman–Crippen MR) is 141 cm³/mol. The molecule has 0 saturated carbocycles. The predicted octanol–water partition coefficient (Wildman–Crippen LogP) is 3.69. The van der Waals surface area contributed by atoms with E-state index in [0.29, 0.717) is 25.2 Å². The first-order valence-electron chi connectivity index (χ1n) is 12.3. The Morgan fingerprint density at radius 1 is 1.08 bits per heavy atom. The minimum absolute atomic E-state index is 0.128. The van der Waals surface area contributed by atoms with Gasteiger partial charge in [-0.1, -0.05) is 43.7 Å². The van der Waals surface area contributed by atoms with Crippen LogP contribution in [0.4, 0.5) is 0 Å². The second-order valence-electron chi connectivity index (χ2n) is 9.45. The zero-order chi connectivity index (χ0) is 26.4. The molecule has 9 heteroatoms. The molecule has 37 heavy (non-hydrogen) atoms. The van der Waals surface area contributed by atoms with Gasteiger partial charge in [0.15, 0.2) is 0 Å². The van der Waals surface area contributed by atoms with E-state index in [4.69, 9.17) is 10.2 Å². The molecule has 0 spiro atoms. The lowest BCUT2D eigenvalue weighted by atomic mass is 9.94. The number of nitrogens with zero attached hydrogens (tertiary/aromatic N) is 5. The molecule has 0 saturated heterocycles. The van der Waals surface area contributed by atoms with Crippen molar-refractivity contribution in [2.45, 2.75) is 45.2 Å². The van der Waals surface area contributed by atoms with Gasteiger partial charge in [0.2, 0.25) is 5.89 Å². The molecule has 0 aliphatic carbocycles. The zero-order valence-corrected chi connectivity index (χ0v) is 21.4. The van der Waals surface area contributed by atoms with Gasteiger partial charge in [-0.3, -0.25) is 14.6 Å². The quantitative estimate of drug-likeness (QED) is 0.353. The van der Waals surface area contributed by atoms with Crippen LogP contribution in [-0.4, -0.2) is 37.1 Å². The van der Waals surface area contributed by atoms with Crippen LogP contribution in [-0.2, 0) is 25.6 Å². The summed E-state index contributed by atoms with van der Waals surface area (Å²) in [7, 11) is 1.60. The Labute approximate surface area is 216 Å². The van der Waals surface area contributed by atoms with Crippen molar-refractivity contribution in [3.63, 3.8) is 0 Å². The molecule has 3 aromatic heterocycles. The second-order valence-corrected chi connectivity index (χ2v) is 9.45. The van der Waals surface area contributed by atoms with E-state index in [1.54, 1.807) is 30.4 Å². The number of carbonyl (C=O) groups excluding carboxylic acids is 1. The zero-order valence-electron chi connectivity index (χ0n) is 21.4. The summed E-state index contributed by atoms with van der Waals surface area (Å²) in [5.41, 5.74) is 7.89. The largest absolute Gasteiger partial charge is 0.417 e. The summed E-state index contributed by atoms with van der Waals surface area (Å²) >= 11 is 0.